The van der Waals surface area contributed by atoms with Gasteiger partial charge >= 0.3 is 0 Å². The van der Waals surface area contributed by atoms with Crippen LogP contribution in [0.1, 0.15) is 29.5 Å². The van der Waals surface area contributed by atoms with Crippen molar-refractivity contribution in [1.82, 2.24) is 15.1 Å². The summed E-state index contributed by atoms with van der Waals surface area (Å²) in [6, 6.07) is 8.26. The van der Waals surface area contributed by atoms with Crippen LogP contribution in [0.5, 0.6) is 0 Å². The number of carbonyl (C=O) groups is 1. The van der Waals surface area contributed by atoms with Gasteiger partial charge in [-0.05, 0) is 39.3 Å². The normalized spacial score (nSPS) is 16.4. The van der Waals surface area contributed by atoms with E-state index in [9.17, 15) is 4.79 Å². The molecule has 7 heteroatoms. The van der Waals surface area contributed by atoms with Crippen LogP contribution in [0.25, 0.3) is 0 Å². The average molecular weight is 389 g/mol. The number of nitrogens with zero attached hydrogens (tertiary/aromatic N) is 3. The molecule has 1 aliphatic rings. The van der Waals surface area contributed by atoms with Crippen molar-refractivity contribution >= 4 is 23.4 Å². The van der Waals surface area contributed by atoms with E-state index in [0.29, 0.717) is 0 Å². The fourth-order valence-corrected chi connectivity index (χ4v) is 4.27. The molecule has 1 aromatic heterocycles. The molecule has 1 unspecified atom stereocenters. The minimum atomic E-state index is -0.0745. The number of aromatic nitrogens is 1. The van der Waals surface area contributed by atoms with Crippen molar-refractivity contribution < 1.29 is 9.32 Å². The molecule has 0 bridgehead atoms. The molecule has 1 fully saturated rings. The average Bonchev–Trinajstić information content (AvgIpc) is 2.99. The summed E-state index contributed by atoms with van der Waals surface area (Å²) in [5.74, 6) is 1.81. The summed E-state index contributed by atoms with van der Waals surface area (Å²) in [7, 11) is 0. The third-order valence-electron chi connectivity index (χ3n) is 5.02. The van der Waals surface area contributed by atoms with Crippen molar-refractivity contribution in [1.29, 1.82) is 0 Å². The molecular weight excluding hydrogens is 360 g/mol. The Morgan fingerprint density at radius 2 is 1.93 bits per heavy atom. The fraction of sp³-hybridized carbons (Fsp3) is 0.500. The maximum Gasteiger partial charge on any atom is 0.235 e. The van der Waals surface area contributed by atoms with E-state index >= 15 is 0 Å². The van der Waals surface area contributed by atoms with Crippen LogP contribution in [-0.4, -0.2) is 52.4 Å². The van der Waals surface area contributed by atoms with E-state index in [1.54, 1.807) is 11.8 Å². The molecule has 6 nitrogen and oxygen atoms in total. The molecule has 27 heavy (non-hydrogen) atoms. The van der Waals surface area contributed by atoms with Crippen molar-refractivity contribution in [2.24, 2.45) is 0 Å². The number of carbonyl (C=O) groups excluding carboxylic acids is 1. The lowest BCUT2D eigenvalue weighted by molar-refractivity contribution is -0.131. The smallest absolute Gasteiger partial charge is 0.235 e. The van der Waals surface area contributed by atoms with Gasteiger partial charge in [-0.25, -0.2) is 5.01 Å². The van der Waals surface area contributed by atoms with Crippen LogP contribution in [0.4, 0.5) is 5.69 Å². The topological polar surface area (TPSA) is 61.6 Å². The lowest BCUT2D eigenvalue weighted by Crippen LogP contribution is -2.52. The van der Waals surface area contributed by atoms with Crippen LogP contribution in [-0.2, 0) is 10.5 Å². The first-order chi connectivity index (χ1) is 13.0. The Bertz CT molecular complexity index is 765. The highest BCUT2D eigenvalue weighted by atomic mass is 32.2. The van der Waals surface area contributed by atoms with E-state index in [1.165, 1.54) is 5.56 Å². The van der Waals surface area contributed by atoms with E-state index < -0.39 is 0 Å². The second kappa shape index (κ2) is 8.80. The largest absolute Gasteiger partial charge is 0.361 e. The van der Waals surface area contributed by atoms with E-state index in [4.69, 9.17) is 4.52 Å². The van der Waals surface area contributed by atoms with Crippen LogP contribution < -0.4 is 5.43 Å². The van der Waals surface area contributed by atoms with E-state index in [1.807, 2.05) is 37.8 Å². The standard InChI is InChI=1S/C20H28N4O2S/c1-14-7-5-6-8-19(14)21-24-11-9-23(10-12-24)20(25)17(4)27-13-18-15(2)22-26-16(18)3/h5-8,17,21H,9-13H2,1-4H3. The molecule has 146 valence electrons. The first-order valence-corrected chi connectivity index (χ1v) is 10.4. The number of aryl methyl sites for hydroxylation is 3. The van der Waals surface area contributed by atoms with Crippen molar-refractivity contribution in [3.05, 3.63) is 46.8 Å². The molecule has 1 saturated heterocycles. The monoisotopic (exact) mass is 388 g/mol. The van der Waals surface area contributed by atoms with Crippen LogP contribution in [0.3, 0.4) is 0 Å². The molecule has 0 saturated carbocycles. The quantitative estimate of drug-likeness (QED) is 0.818. The molecule has 0 aliphatic carbocycles. The van der Waals surface area contributed by atoms with Gasteiger partial charge in [0, 0.05) is 37.5 Å². The second-order valence-corrected chi connectivity index (χ2v) is 8.32. The number of nitrogens with one attached hydrogen (secondary N) is 1. The summed E-state index contributed by atoms with van der Waals surface area (Å²) in [6.07, 6.45) is 0. The Kier molecular flexibility index (Phi) is 6.44. The SMILES string of the molecule is Cc1ccccc1NN1CCN(C(=O)C(C)SCc2c(C)noc2C)CC1. The maximum atomic E-state index is 12.8. The number of hydrazine groups is 1. The highest BCUT2D eigenvalue weighted by Gasteiger charge is 2.26. The maximum absolute atomic E-state index is 12.8. The zero-order valence-corrected chi connectivity index (χ0v) is 17.3. The predicted molar refractivity (Wildman–Crippen MR) is 110 cm³/mol. The Morgan fingerprint density at radius 1 is 1.22 bits per heavy atom. The predicted octanol–water partition coefficient (Wildman–Crippen LogP) is 3.39. The molecule has 2 heterocycles. The molecular formula is C20H28N4O2S. The number of thioether (sulfide) groups is 1. The summed E-state index contributed by atoms with van der Waals surface area (Å²) in [5.41, 5.74) is 7.83. The van der Waals surface area contributed by atoms with Crippen LogP contribution in [0, 0.1) is 20.8 Å². The highest BCUT2D eigenvalue weighted by molar-refractivity contribution is 7.99. The number of amides is 1. The van der Waals surface area contributed by atoms with E-state index in [2.05, 4.69) is 34.6 Å². The highest BCUT2D eigenvalue weighted by Crippen LogP contribution is 2.24. The zero-order chi connectivity index (χ0) is 19.4. The van der Waals surface area contributed by atoms with Crippen LogP contribution in [0.15, 0.2) is 28.8 Å². The number of piperazine rings is 1. The van der Waals surface area contributed by atoms with Gasteiger partial charge < -0.3 is 14.8 Å². The van der Waals surface area contributed by atoms with Gasteiger partial charge in [-0.2, -0.15) is 0 Å². The number of benzene rings is 1. The Morgan fingerprint density at radius 3 is 2.56 bits per heavy atom. The van der Waals surface area contributed by atoms with E-state index in [-0.39, 0.29) is 11.2 Å². The molecule has 0 spiro atoms. The van der Waals surface area contributed by atoms with E-state index in [0.717, 1.165) is 54.6 Å². The van der Waals surface area contributed by atoms with Crippen LogP contribution in [0.2, 0.25) is 0 Å². The van der Waals surface area contributed by atoms with Gasteiger partial charge in [-0.15, -0.1) is 11.8 Å². The third-order valence-corrected chi connectivity index (χ3v) is 6.18. The number of hydrogen-bond donors (Lipinski definition) is 1. The van der Waals surface area contributed by atoms with Gasteiger partial charge in [0.05, 0.1) is 16.6 Å². The Hall–Kier alpha value is -1.99. The van der Waals surface area contributed by atoms with Gasteiger partial charge in [0.1, 0.15) is 5.76 Å². The minimum Gasteiger partial charge on any atom is -0.361 e. The summed E-state index contributed by atoms with van der Waals surface area (Å²) < 4.78 is 5.20. The minimum absolute atomic E-state index is 0.0745. The third kappa shape index (κ3) is 4.84. The molecule has 3 rings (SSSR count). The Balaban J connectivity index is 1.47. The zero-order valence-electron chi connectivity index (χ0n) is 16.5. The van der Waals surface area contributed by atoms with Gasteiger partial charge in [0.15, 0.2) is 0 Å². The molecule has 1 atom stereocenters. The number of para-hydroxylation sites is 1. The number of rotatable bonds is 6. The number of hydrogen-bond acceptors (Lipinski definition) is 6. The molecule has 1 aromatic carbocycles. The first-order valence-electron chi connectivity index (χ1n) is 9.35. The molecule has 2 aromatic rings. The first kappa shape index (κ1) is 19.8. The van der Waals surface area contributed by atoms with Crippen LogP contribution >= 0.6 is 11.8 Å². The second-order valence-electron chi connectivity index (χ2n) is 7.00. The summed E-state index contributed by atoms with van der Waals surface area (Å²) in [5, 5.41) is 6.10. The van der Waals surface area contributed by atoms with Gasteiger partial charge in [-0.1, -0.05) is 23.4 Å². The summed E-state index contributed by atoms with van der Waals surface area (Å²) in [4.78, 5) is 14.7. The Labute approximate surface area is 165 Å². The molecule has 1 N–H and O–H groups in total. The lowest BCUT2D eigenvalue weighted by Gasteiger charge is -2.36. The molecule has 1 aliphatic heterocycles. The van der Waals surface area contributed by atoms with Gasteiger partial charge in [0.2, 0.25) is 5.91 Å². The summed E-state index contributed by atoms with van der Waals surface area (Å²) in [6.45, 7) is 11.1. The van der Waals surface area contributed by atoms with Gasteiger partial charge in [-0.3, -0.25) is 4.79 Å². The van der Waals surface area contributed by atoms with Crippen molar-refractivity contribution in [2.45, 2.75) is 38.7 Å². The van der Waals surface area contributed by atoms with Crippen molar-refractivity contribution in [3.63, 3.8) is 0 Å². The fourth-order valence-electron chi connectivity index (χ4n) is 3.15. The summed E-state index contributed by atoms with van der Waals surface area (Å²) >= 11 is 1.65. The molecule has 1 amide bonds. The molecule has 0 radical (unpaired) electrons. The lowest BCUT2D eigenvalue weighted by atomic mass is 10.2. The van der Waals surface area contributed by atoms with Crippen molar-refractivity contribution in [2.75, 3.05) is 31.6 Å². The van der Waals surface area contributed by atoms with Crippen molar-refractivity contribution in [3.8, 4) is 0 Å². The number of anilines is 1. The van der Waals surface area contributed by atoms with Gasteiger partial charge in [0.25, 0.3) is 0 Å².